The molecule has 0 spiro atoms. The van der Waals surface area contributed by atoms with E-state index in [0.29, 0.717) is 17.8 Å². The molecule has 21 heavy (non-hydrogen) atoms. The van der Waals surface area contributed by atoms with Crippen molar-refractivity contribution in [1.82, 2.24) is 0 Å². The topological polar surface area (TPSA) is 38.7 Å². The van der Waals surface area contributed by atoms with Gasteiger partial charge in [-0.2, -0.15) is 13.2 Å². The molecule has 108 valence electrons. The van der Waals surface area contributed by atoms with E-state index in [-0.39, 0.29) is 5.75 Å². The Morgan fingerprint density at radius 3 is 2.38 bits per heavy atom. The lowest BCUT2D eigenvalue weighted by molar-refractivity contribution is -0.137. The van der Waals surface area contributed by atoms with Crippen LogP contribution >= 0.6 is 0 Å². The molecule has 0 bridgehead atoms. The van der Waals surface area contributed by atoms with Crippen molar-refractivity contribution in [2.75, 3.05) is 0 Å². The minimum atomic E-state index is -4.37. The van der Waals surface area contributed by atoms with Gasteiger partial charge in [0.25, 0.3) is 0 Å². The van der Waals surface area contributed by atoms with Gasteiger partial charge in [0, 0.05) is 0 Å². The van der Waals surface area contributed by atoms with Crippen LogP contribution in [0.1, 0.15) is 11.1 Å². The number of halogens is 3. The van der Waals surface area contributed by atoms with Crippen molar-refractivity contribution in [3.8, 4) is 11.5 Å². The minimum Gasteiger partial charge on any atom is -0.457 e. The number of rotatable bonds is 2. The first kappa shape index (κ1) is 14.0. The predicted molar refractivity (Wildman–Crippen MR) is 70.4 cm³/mol. The van der Waals surface area contributed by atoms with E-state index in [0.717, 1.165) is 17.7 Å². The second-order valence-corrected chi connectivity index (χ2v) is 4.65. The highest BCUT2D eigenvalue weighted by atomic mass is 19.4. The molecule has 0 aromatic heterocycles. The van der Waals surface area contributed by atoms with Gasteiger partial charge in [-0.1, -0.05) is 6.07 Å². The van der Waals surface area contributed by atoms with Crippen LogP contribution in [-0.2, 0) is 17.4 Å². The average molecular weight is 294 g/mol. The Hall–Kier alpha value is -1.99. The van der Waals surface area contributed by atoms with Crippen LogP contribution < -0.4 is 10.2 Å². The largest absolute Gasteiger partial charge is 0.491 e. The third kappa shape index (κ3) is 2.89. The van der Waals surface area contributed by atoms with Gasteiger partial charge in [-0.3, -0.25) is 0 Å². The molecule has 0 saturated heterocycles. The molecule has 0 atom stereocenters. The summed E-state index contributed by atoms with van der Waals surface area (Å²) in [5.41, 5.74) is 0.745. The second-order valence-electron chi connectivity index (χ2n) is 4.65. The summed E-state index contributed by atoms with van der Waals surface area (Å²) < 4.78 is 47.9. The van der Waals surface area contributed by atoms with Crippen LogP contribution in [0.15, 0.2) is 42.5 Å². The van der Waals surface area contributed by atoms with Crippen molar-refractivity contribution < 1.29 is 27.6 Å². The van der Waals surface area contributed by atoms with Gasteiger partial charge < -0.3 is 14.4 Å². The molecule has 1 aliphatic rings. The maximum atomic E-state index is 12.5. The Bertz CT molecular complexity index is 656. The Balaban J connectivity index is 1.80. The van der Waals surface area contributed by atoms with E-state index < -0.39 is 18.9 Å². The summed E-state index contributed by atoms with van der Waals surface area (Å²) in [5.74, 6) is 0.717. The molecule has 0 saturated carbocycles. The highest BCUT2D eigenvalue weighted by molar-refractivity contribution is 6.61. The summed E-state index contributed by atoms with van der Waals surface area (Å²) in [5, 5.41) is 9.60. The van der Waals surface area contributed by atoms with Gasteiger partial charge in [-0.25, -0.2) is 0 Å². The van der Waals surface area contributed by atoms with Crippen LogP contribution in [0.2, 0.25) is 0 Å². The number of benzene rings is 2. The van der Waals surface area contributed by atoms with Crippen LogP contribution in [0.5, 0.6) is 11.5 Å². The number of ether oxygens (including phenoxy) is 1. The number of alkyl halides is 3. The monoisotopic (exact) mass is 294 g/mol. The average Bonchev–Trinajstić information content (AvgIpc) is 2.80. The van der Waals surface area contributed by atoms with Gasteiger partial charge in [-0.05, 0) is 47.4 Å². The quantitative estimate of drug-likeness (QED) is 0.866. The summed E-state index contributed by atoms with van der Waals surface area (Å²) in [6.45, 7) is 0.330. The van der Waals surface area contributed by atoms with Gasteiger partial charge in [0.1, 0.15) is 11.5 Å². The molecule has 1 heterocycles. The third-order valence-corrected chi connectivity index (χ3v) is 3.20. The smallest absolute Gasteiger partial charge is 0.457 e. The summed E-state index contributed by atoms with van der Waals surface area (Å²) in [4.78, 5) is 0. The van der Waals surface area contributed by atoms with E-state index in [1.165, 1.54) is 12.1 Å². The first-order valence-corrected chi connectivity index (χ1v) is 6.21. The number of fused-ring (bicyclic) bond motifs is 1. The van der Waals surface area contributed by atoms with Crippen molar-refractivity contribution in [2.24, 2.45) is 0 Å². The number of hydrogen-bond donors (Lipinski definition) is 1. The van der Waals surface area contributed by atoms with Crippen molar-refractivity contribution in [3.63, 3.8) is 0 Å². The lowest BCUT2D eigenvalue weighted by atomic mass is 9.79. The molecule has 2 aromatic carbocycles. The van der Waals surface area contributed by atoms with Crippen LogP contribution in [0.4, 0.5) is 13.2 Å². The van der Waals surface area contributed by atoms with Crippen molar-refractivity contribution in [2.45, 2.75) is 12.8 Å². The van der Waals surface area contributed by atoms with E-state index in [1.807, 2.05) is 0 Å². The highest BCUT2D eigenvalue weighted by Crippen LogP contribution is 2.31. The molecule has 3 rings (SSSR count). The van der Waals surface area contributed by atoms with Crippen LogP contribution in [0.25, 0.3) is 0 Å². The first-order valence-electron chi connectivity index (χ1n) is 6.21. The Kier molecular flexibility index (Phi) is 3.39. The maximum absolute atomic E-state index is 12.5. The van der Waals surface area contributed by atoms with Crippen molar-refractivity contribution in [1.29, 1.82) is 0 Å². The first-order chi connectivity index (χ1) is 9.93. The summed E-state index contributed by atoms with van der Waals surface area (Å²) in [6, 6.07) is 9.47. The van der Waals surface area contributed by atoms with E-state index in [1.54, 1.807) is 18.2 Å². The van der Waals surface area contributed by atoms with Gasteiger partial charge in [-0.15, -0.1) is 0 Å². The fourth-order valence-corrected chi connectivity index (χ4v) is 2.10. The number of hydrogen-bond acceptors (Lipinski definition) is 3. The van der Waals surface area contributed by atoms with E-state index in [2.05, 4.69) is 0 Å². The van der Waals surface area contributed by atoms with E-state index >= 15 is 0 Å². The van der Waals surface area contributed by atoms with Crippen molar-refractivity contribution >= 4 is 12.6 Å². The minimum absolute atomic E-state index is 0.288. The Morgan fingerprint density at radius 2 is 1.71 bits per heavy atom. The molecule has 2 aromatic rings. The zero-order valence-electron chi connectivity index (χ0n) is 10.7. The molecule has 3 nitrogen and oxygen atoms in total. The summed E-state index contributed by atoms with van der Waals surface area (Å²) in [6.07, 6.45) is -4.37. The summed E-state index contributed by atoms with van der Waals surface area (Å²) >= 11 is 0. The zero-order valence-corrected chi connectivity index (χ0v) is 10.7. The second kappa shape index (κ2) is 5.09. The lowest BCUT2D eigenvalue weighted by Gasteiger charge is -2.10. The molecule has 0 fully saturated rings. The molecule has 0 unspecified atom stereocenters. The Labute approximate surface area is 119 Å². The third-order valence-electron chi connectivity index (χ3n) is 3.20. The fraction of sp³-hybridized carbons (Fsp3) is 0.143. The molecular weight excluding hydrogens is 284 g/mol. The predicted octanol–water partition coefficient (Wildman–Crippen LogP) is 2.72. The molecular formula is C14H10BF3O3. The SMILES string of the molecule is OB1OCc2ccc(Oc3ccc(C(F)(F)F)cc3)cc21. The standard InChI is InChI=1S/C14H10BF3O3/c16-14(17,18)10-2-5-11(6-3-10)21-12-4-1-9-8-20-15(19)13(9)7-12/h1-7,19H,8H2. The van der Waals surface area contributed by atoms with Crippen LogP contribution in [0.3, 0.4) is 0 Å². The zero-order chi connectivity index (χ0) is 15.0. The maximum Gasteiger partial charge on any atom is 0.491 e. The fourth-order valence-electron chi connectivity index (χ4n) is 2.10. The Morgan fingerprint density at radius 1 is 1.05 bits per heavy atom. The van der Waals surface area contributed by atoms with Crippen molar-refractivity contribution in [3.05, 3.63) is 53.6 Å². The molecule has 0 aliphatic carbocycles. The van der Waals surface area contributed by atoms with E-state index in [9.17, 15) is 18.2 Å². The van der Waals surface area contributed by atoms with Gasteiger partial charge >= 0.3 is 13.3 Å². The highest BCUT2D eigenvalue weighted by Gasteiger charge is 2.30. The van der Waals surface area contributed by atoms with Crippen LogP contribution in [-0.4, -0.2) is 12.1 Å². The normalized spacial score (nSPS) is 14.2. The van der Waals surface area contributed by atoms with Crippen LogP contribution in [0, 0.1) is 0 Å². The molecule has 0 radical (unpaired) electrons. The van der Waals surface area contributed by atoms with Gasteiger partial charge in [0.05, 0.1) is 12.2 Å². The lowest BCUT2D eigenvalue weighted by Crippen LogP contribution is -2.27. The van der Waals surface area contributed by atoms with Gasteiger partial charge in [0.2, 0.25) is 0 Å². The molecule has 1 N–H and O–H groups in total. The molecule has 0 amide bonds. The van der Waals surface area contributed by atoms with Gasteiger partial charge in [0.15, 0.2) is 0 Å². The molecule has 1 aliphatic heterocycles. The molecule has 7 heteroatoms. The summed E-state index contributed by atoms with van der Waals surface area (Å²) in [7, 11) is -0.990. The van der Waals surface area contributed by atoms with E-state index in [4.69, 9.17) is 9.39 Å².